The van der Waals surface area contributed by atoms with Crippen molar-refractivity contribution in [2.45, 2.75) is 24.8 Å². The summed E-state index contributed by atoms with van der Waals surface area (Å²) in [6.45, 7) is 2.52. The first-order valence-electron chi connectivity index (χ1n) is 10.7. The second-order valence-corrected chi connectivity index (χ2v) is 8.44. The number of nitrogens with zero attached hydrogens (tertiary/aromatic N) is 4. The van der Waals surface area contributed by atoms with Crippen molar-refractivity contribution in [2.75, 3.05) is 18.0 Å². The van der Waals surface area contributed by atoms with Crippen LogP contribution in [0.25, 0.3) is 10.9 Å². The van der Waals surface area contributed by atoms with Crippen molar-refractivity contribution in [1.29, 1.82) is 0 Å². The van der Waals surface area contributed by atoms with Crippen LogP contribution in [0.2, 0.25) is 0 Å². The van der Waals surface area contributed by atoms with Crippen molar-refractivity contribution in [1.82, 2.24) is 19.9 Å². The van der Waals surface area contributed by atoms with Gasteiger partial charge < -0.3 is 4.98 Å². The number of aromatic amines is 1. The Morgan fingerprint density at radius 1 is 1.00 bits per heavy atom. The topological polar surface area (TPSA) is 65.1 Å². The van der Waals surface area contributed by atoms with Crippen LogP contribution < -0.4 is 4.90 Å². The van der Waals surface area contributed by atoms with E-state index in [9.17, 15) is 4.79 Å². The maximum atomic E-state index is 14.0. The number of aromatic nitrogens is 3. The number of H-pyrrole nitrogens is 1. The summed E-state index contributed by atoms with van der Waals surface area (Å²) in [7, 11) is 0. The Morgan fingerprint density at radius 2 is 1.81 bits per heavy atom. The molecule has 1 fully saturated rings. The summed E-state index contributed by atoms with van der Waals surface area (Å²) in [6.07, 6.45) is 7.07. The molecule has 0 unspecified atom stereocenters. The Bertz CT molecular complexity index is 1260. The van der Waals surface area contributed by atoms with Gasteiger partial charge in [0.2, 0.25) is 5.91 Å². The molecule has 31 heavy (non-hydrogen) atoms. The monoisotopic (exact) mass is 409 g/mol. The van der Waals surface area contributed by atoms with Crippen LogP contribution in [0.5, 0.6) is 0 Å². The predicted molar refractivity (Wildman–Crippen MR) is 120 cm³/mol. The van der Waals surface area contributed by atoms with Gasteiger partial charge in [0.05, 0.1) is 35.0 Å². The zero-order chi connectivity index (χ0) is 20.8. The number of likely N-dealkylation sites (tertiary alicyclic amines) is 1. The molecule has 0 bridgehead atoms. The molecule has 4 heterocycles. The molecule has 0 saturated carbocycles. The van der Waals surface area contributed by atoms with Crippen LogP contribution in [-0.4, -0.2) is 38.8 Å². The molecule has 6 heteroatoms. The number of amides is 1. The maximum Gasteiger partial charge on any atom is 0.242 e. The van der Waals surface area contributed by atoms with Crippen molar-refractivity contribution < 1.29 is 4.79 Å². The molecule has 4 aromatic rings. The van der Waals surface area contributed by atoms with Gasteiger partial charge in [-0.2, -0.15) is 0 Å². The van der Waals surface area contributed by atoms with Gasteiger partial charge in [0, 0.05) is 17.8 Å². The summed E-state index contributed by atoms with van der Waals surface area (Å²) in [5.74, 6) is 1.14. The molecule has 0 radical (unpaired) electrons. The van der Waals surface area contributed by atoms with Gasteiger partial charge in [0.15, 0.2) is 0 Å². The Morgan fingerprint density at radius 3 is 2.65 bits per heavy atom. The maximum absolute atomic E-state index is 14.0. The van der Waals surface area contributed by atoms with Crippen LogP contribution >= 0.6 is 0 Å². The van der Waals surface area contributed by atoms with E-state index in [4.69, 9.17) is 0 Å². The fraction of sp³-hybridized carbons (Fsp3) is 0.240. The zero-order valence-corrected chi connectivity index (χ0v) is 17.2. The van der Waals surface area contributed by atoms with Crippen LogP contribution in [0.4, 0.5) is 11.4 Å². The number of anilines is 2. The van der Waals surface area contributed by atoms with Crippen molar-refractivity contribution in [3.8, 4) is 0 Å². The molecule has 1 spiro atoms. The van der Waals surface area contributed by atoms with Crippen molar-refractivity contribution >= 4 is 28.2 Å². The zero-order valence-electron chi connectivity index (χ0n) is 17.2. The number of piperidine rings is 1. The second kappa shape index (κ2) is 7.03. The predicted octanol–water partition coefficient (Wildman–Crippen LogP) is 4.17. The number of para-hydroxylation sites is 2. The number of fused-ring (bicyclic) bond motifs is 3. The van der Waals surface area contributed by atoms with E-state index < -0.39 is 5.41 Å². The minimum atomic E-state index is -0.470. The van der Waals surface area contributed by atoms with Crippen molar-refractivity contribution in [2.24, 2.45) is 0 Å². The molecular weight excluding hydrogens is 386 g/mol. The molecule has 2 aromatic carbocycles. The standard InChI is InChI=1S/C25H23N5O/c31-24-25(9-13-29(14-10-25)17-23-26-11-12-27-23)20-6-2-4-8-22(20)30(24)19-15-18-5-1-3-7-21(18)28-16-19/h1-8,11-12,15-16H,9-10,13-14,17H2,(H,26,27). The molecule has 154 valence electrons. The Labute approximate surface area is 180 Å². The van der Waals surface area contributed by atoms with Gasteiger partial charge in [-0.1, -0.05) is 36.4 Å². The number of carbonyl (C=O) groups is 1. The third-order valence-electron chi connectivity index (χ3n) is 6.75. The smallest absolute Gasteiger partial charge is 0.242 e. The van der Waals surface area contributed by atoms with E-state index in [2.05, 4.69) is 38.1 Å². The molecule has 6 rings (SSSR count). The van der Waals surface area contributed by atoms with Crippen molar-refractivity contribution in [3.63, 3.8) is 0 Å². The number of rotatable bonds is 3. The second-order valence-electron chi connectivity index (χ2n) is 8.44. The Balaban J connectivity index is 1.35. The number of hydrogen-bond acceptors (Lipinski definition) is 4. The normalized spacial score (nSPS) is 18.1. The fourth-order valence-corrected chi connectivity index (χ4v) is 5.12. The number of hydrogen-bond donors (Lipinski definition) is 1. The average Bonchev–Trinajstić information content (AvgIpc) is 3.40. The lowest BCUT2D eigenvalue weighted by Gasteiger charge is -2.38. The molecule has 1 N–H and O–H groups in total. The van der Waals surface area contributed by atoms with Crippen LogP contribution in [0.1, 0.15) is 24.2 Å². The molecule has 6 nitrogen and oxygen atoms in total. The minimum absolute atomic E-state index is 0.170. The van der Waals surface area contributed by atoms with E-state index in [0.717, 1.165) is 66.1 Å². The highest BCUT2D eigenvalue weighted by atomic mass is 16.2. The first-order chi connectivity index (χ1) is 15.2. The Kier molecular flexibility index (Phi) is 4.14. The van der Waals surface area contributed by atoms with E-state index in [1.54, 1.807) is 6.20 Å². The third kappa shape index (κ3) is 2.86. The van der Waals surface area contributed by atoms with E-state index in [-0.39, 0.29) is 5.91 Å². The quantitative estimate of drug-likeness (QED) is 0.552. The molecule has 0 atom stereocenters. The lowest BCUT2D eigenvalue weighted by molar-refractivity contribution is -0.124. The molecular formula is C25H23N5O. The largest absolute Gasteiger partial charge is 0.348 e. The number of pyridine rings is 1. The lowest BCUT2D eigenvalue weighted by atomic mass is 9.73. The summed E-state index contributed by atoms with van der Waals surface area (Å²) in [5.41, 5.74) is 3.44. The number of imidazole rings is 1. The Hall–Kier alpha value is -3.51. The summed E-state index contributed by atoms with van der Waals surface area (Å²) in [5, 5.41) is 1.04. The fourth-order valence-electron chi connectivity index (χ4n) is 5.12. The van der Waals surface area contributed by atoms with Gasteiger partial charge in [-0.3, -0.25) is 19.6 Å². The van der Waals surface area contributed by atoms with Gasteiger partial charge in [0.25, 0.3) is 0 Å². The SMILES string of the molecule is O=C1N(c2cnc3ccccc3c2)c2ccccc2C12CCN(Cc1ncc[nH]1)CC2. The summed E-state index contributed by atoms with van der Waals surface area (Å²) < 4.78 is 0. The third-order valence-corrected chi connectivity index (χ3v) is 6.75. The van der Waals surface area contributed by atoms with Gasteiger partial charge >= 0.3 is 0 Å². The summed E-state index contributed by atoms with van der Waals surface area (Å²) in [6, 6.07) is 18.3. The molecule has 2 aliphatic heterocycles. The van der Waals surface area contributed by atoms with Crippen molar-refractivity contribution in [3.05, 3.63) is 84.6 Å². The number of carbonyl (C=O) groups excluding carboxylic acids is 1. The van der Waals surface area contributed by atoms with E-state index in [1.165, 1.54) is 0 Å². The van der Waals surface area contributed by atoms with Crippen LogP contribution in [0, 0.1) is 0 Å². The molecule has 2 aliphatic rings. The highest BCUT2D eigenvalue weighted by Crippen LogP contribution is 2.50. The first-order valence-corrected chi connectivity index (χ1v) is 10.7. The average molecular weight is 409 g/mol. The van der Waals surface area contributed by atoms with Gasteiger partial charge in [-0.25, -0.2) is 4.98 Å². The molecule has 1 saturated heterocycles. The summed E-state index contributed by atoms with van der Waals surface area (Å²) in [4.78, 5) is 30.4. The number of nitrogens with one attached hydrogen (secondary N) is 1. The van der Waals surface area contributed by atoms with Gasteiger partial charge in [-0.05, 0) is 49.7 Å². The number of benzene rings is 2. The molecule has 1 amide bonds. The molecule has 0 aliphatic carbocycles. The van der Waals surface area contributed by atoms with E-state index in [0.29, 0.717) is 0 Å². The molecule has 2 aromatic heterocycles. The van der Waals surface area contributed by atoms with Crippen LogP contribution in [0.3, 0.4) is 0 Å². The van der Waals surface area contributed by atoms with Gasteiger partial charge in [0.1, 0.15) is 5.82 Å². The highest BCUT2D eigenvalue weighted by Gasteiger charge is 2.52. The van der Waals surface area contributed by atoms with E-state index in [1.807, 2.05) is 53.7 Å². The minimum Gasteiger partial charge on any atom is -0.348 e. The first kappa shape index (κ1) is 18.3. The van der Waals surface area contributed by atoms with Gasteiger partial charge in [-0.15, -0.1) is 0 Å². The highest BCUT2D eigenvalue weighted by molar-refractivity contribution is 6.13. The van der Waals surface area contributed by atoms with Crippen LogP contribution in [0.15, 0.2) is 73.2 Å². The lowest BCUT2D eigenvalue weighted by Crippen LogP contribution is -2.47. The van der Waals surface area contributed by atoms with Crippen LogP contribution in [-0.2, 0) is 16.8 Å². The summed E-state index contributed by atoms with van der Waals surface area (Å²) >= 11 is 0. The van der Waals surface area contributed by atoms with E-state index >= 15 is 0 Å².